The van der Waals surface area contributed by atoms with Crippen LogP contribution in [0.3, 0.4) is 0 Å². The second-order valence-corrected chi connectivity index (χ2v) is 5.97. The molecule has 2 aromatic heterocycles. The molecule has 98 valence electrons. The average Bonchev–Trinajstić information content (AvgIpc) is 2.86. The van der Waals surface area contributed by atoms with Crippen molar-refractivity contribution in [3.63, 3.8) is 0 Å². The van der Waals surface area contributed by atoms with Gasteiger partial charge in [-0.1, -0.05) is 37.3 Å². The van der Waals surface area contributed by atoms with Crippen LogP contribution in [0.5, 0.6) is 0 Å². The van der Waals surface area contributed by atoms with Crippen molar-refractivity contribution >= 4 is 16.3 Å². The lowest BCUT2D eigenvalue weighted by molar-refractivity contribution is 0.631. The predicted octanol–water partition coefficient (Wildman–Crippen LogP) is 3.80. The van der Waals surface area contributed by atoms with Crippen molar-refractivity contribution in [3.8, 4) is 11.3 Å². The number of rotatable bonds is 3. The molecule has 0 N–H and O–H groups in total. The molecule has 0 saturated carbocycles. The third-order valence-electron chi connectivity index (χ3n) is 2.82. The summed E-state index contributed by atoms with van der Waals surface area (Å²) in [6.45, 7) is 4.32. The van der Waals surface area contributed by atoms with Crippen molar-refractivity contribution in [1.82, 2.24) is 14.6 Å². The van der Waals surface area contributed by atoms with Gasteiger partial charge in [-0.3, -0.25) is 0 Å². The smallest absolute Gasteiger partial charge is 0.212 e. The number of benzene rings is 1. The summed E-state index contributed by atoms with van der Waals surface area (Å²) < 4.78 is 15.4. The van der Waals surface area contributed by atoms with E-state index in [9.17, 15) is 4.39 Å². The molecule has 0 aliphatic heterocycles. The molecule has 2 heterocycles. The summed E-state index contributed by atoms with van der Waals surface area (Å²) in [5.41, 5.74) is 1.15. The van der Waals surface area contributed by atoms with Gasteiger partial charge in [-0.15, -0.1) is 0 Å². The van der Waals surface area contributed by atoms with E-state index < -0.39 is 0 Å². The number of hydrogen-bond donors (Lipinski definition) is 0. The van der Waals surface area contributed by atoms with Gasteiger partial charge in [-0.05, 0) is 18.1 Å². The fourth-order valence-electron chi connectivity index (χ4n) is 1.97. The van der Waals surface area contributed by atoms with Crippen LogP contribution < -0.4 is 0 Å². The molecule has 0 unspecified atom stereocenters. The monoisotopic (exact) mass is 275 g/mol. The Hall–Kier alpha value is -1.75. The summed E-state index contributed by atoms with van der Waals surface area (Å²) in [5, 5.41) is 5.55. The molecule has 0 atom stereocenters. The standard InChI is InChI=1S/C14H14FN3S/c1-9(2)7-13-17-18-8-12(16-14(18)19-13)10-5-3-4-6-11(10)15/h3-6,8-9H,7H2,1-2H3. The van der Waals surface area contributed by atoms with Crippen molar-refractivity contribution < 1.29 is 4.39 Å². The minimum atomic E-state index is -0.254. The minimum absolute atomic E-state index is 0.254. The SMILES string of the molecule is CC(C)Cc1nn2cc(-c3ccccc3F)nc2s1. The largest absolute Gasteiger partial charge is 0.217 e. The molecule has 3 nitrogen and oxygen atoms in total. The molecule has 19 heavy (non-hydrogen) atoms. The Morgan fingerprint density at radius 3 is 2.79 bits per heavy atom. The van der Waals surface area contributed by atoms with Crippen LogP contribution >= 0.6 is 11.3 Å². The van der Waals surface area contributed by atoms with E-state index in [-0.39, 0.29) is 5.82 Å². The molecule has 1 aromatic carbocycles. The molecule has 0 saturated heterocycles. The van der Waals surface area contributed by atoms with Gasteiger partial charge in [0.25, 0.3) is 0 Å². The van der Waals surface area contributed by atoms with Crippen molar-refractivity contribution in [2.45, 2.75) is 20.3 Å². The second-order valence-electron chi connectivity index (χ2n) is 4.93. The summed E-state index contributed by atoms with van der Waals surface area (Å²) in [5.74, 6) is 0.317. The second kappa shape index (κ2) is 4.74. The van der Waals surface area contributed by atoms with Crippen molar-refractivity contribution in [2.24, 2.45) is 5.92 Å². The molecule has 0 fully saturated rings. The van der Waals surface area contributed by atoms with E-state index in [1.54, 1.807) is 34.2 Å². The zero-order valence-corrected chi connectivity index (χ0v) is 11.6. The van der Waals surface area contributed by atoms with E-state index in [0.717, 1.165) is 16.4 Å². The quantitative estimate of drug-likeness (QED) is 0.728. The van der Waals surface area contributed by atoms with E-state index in [1.165, 1.54) is 6.07 Å². The lowest BCUT2D eigenvalue weighted by Crippen LogP contribution is -1.94. The van der Waals surface area contributed by atoms with Gasteiger partial charge in [0.2, 0.25) is 4.96 Å². The maximum absolute atomic E-state index is 13.7. The normalized spacial score (nSPS) is 11.6. The zero-order chi connectivity index (χ0) is 13.4. The maximum atomic E-state index is 13.7. The number of imidazole rings is 1. The fourth-order valence-corrected chi connectivity index (χ4v) is 3.06. The highest BCUT2D eigenvalue weighted by Gasteiger charge is 2.12. The summed E-state index contributed by atoms with van der Waals surface area (Å²) >= 11 is 1.57. The molecule has 0 bridgehead atoms. The first-order chi connectivity index (χ1) is 9.13. The van der Waals surface area contributed by atoms with E-state index in [0.29, 0.717) is 17.2 Å². The lowest BCUT2D eigenvalue weighted by atomic mass is 10.1. The van der Waals surface area contributed by atoms with Crippen molar-refractivity contribution in [3.05, 3.63) is 41.3 Å². The van der Waals surface area contributed by atoms with Crippen LogP contribution in [0.2, 0.25) is 0 Å². The molecule has 0 radical (unpaired) electrons. The van der Waals surface area contributed by atoms with Crippen LogP contribution in [-0.4, -0.2) is 14.6 Å². The van der Waals surface area contributed by atoms with Crippen LogP contribution in [0.4, 0.5) is 4.39 Å². The lowest BCUT2D eigenvalue weighted by Gasteiger charge is -1.98. The van der Waals surface area contributed by atoms with E-state index in [2.05, 4.69) is 23.9 Å². The summed E-state index contributed by atoms with van der Waals surface area (Å²) in [4.78, 5) is 5.26. The Morgan fingerprint density at radius 1 is 1.32 bits per heavy atom. The van der Waals surface area contributed by atoms with Crippen molar-refractivity contribution in [1.29, 1.82) is 0 Å². The topological polar surface area (TPSA) is 30.2 Å². The van der Waals surface area contributed by atoms with Gasteiger partial charge in [0.05, 0.1) is 11.9 Å². The summed E-state index contributed by atoms with van der Waals surface area (Å²) in [6.07, 6.45) is 2.73. The van der Waals surface area contributed by atoms with Gasteiger partial charge in [0.1, 0.15) is 10.8 Å². The average molecular weight is 275 g/mol. The van der Waals surface area contributed by atoms with Crippen LogP contribution in [0.15, 0.2) is 30.5 Å². The fraction of sp³-hybridized carbons (Fsp3) is 0.286. The first kappa shape index (κ1) is 12.3. The van der Waals surface area contributed by atoms with Gasteiger partial charge < -0.3 is 0 Å². The van der Waals surface area contributed by atoms with Gasteiger partial charge in [0, 0.05) is 12.0 Å². The Bertz CT molecular complexity index is 683. The predicted molar refractivity (Wildman–Crippen MR) is 74.8 cm³/mol. The highest BCUT2D eigenvalue weighted by Crippen LogP contribution is 2.25. The molecule has 5 heteroatoms. The van der Waals surface area contributed by atoms with Crippen LogP contribution in [-0.2, 0) is 6.42 Å². The molecular weight excluding hydrogens is 261 g/mol. The Balaban J connectivity index is 1.99. The van der Waals surface area contributed by atoms with E-state index in [1.807, 2.05) is 6.07 Å². The number of fused-ring (bicyclic) bond motifs is 1. The first-order valence-electron chi connectivity index (χ1n) is 6.23. The first-order valence-corrected chi connectivity index (χ1v) is 7.05. The molecule has 0 spiro atoms. The van der Waals surface area contributed by atoms with Crippen molar-refractivity contribution in [2.75, 3.05) is 0 Å². The van der Waals surface area contributed by atoms with Gasteiger partial charge in [-0.2, -0.15) is 5.10 Å². The molecule has 0 aliphatic rings. The highest BCUT2D eigenvalue weighted by molar-refractivity contribution is 7.16. The molecular formula is C14H14FN3S. The molecule has 0 aliphatic carbocycles. The Labute approximate surface area is 114 Å². The highest BCUT2D eigenvalue weighted by atomic mass is 32.1. The van der Waals surface area contributed by atoms with E-state index >= 15 is 0 Å². The number of aromatic nitrogens is 3. The summed E-state index contributed by atoms with van der Waals surface area (Å²) in [7, 11) is 0. The maximum Gasteiger partial charge on any atom is 0.212 e. The van der Waals surface area contributed by atoms with Gasteiger partial charge in [0.15, 0.2) is 0 Å². The van der Waals surface area contributed by atoms with Gasteiger partial charge in [-0.25, -0.2) is 13.9 Å². The third kappa shape index (κ3) is 2.38. The number of halogens is 1. The van der Waals surface area contributed by atoms with Crippen LogP contribution in [0, 0.1) is 11.7 Å². The number of nitrogens with zero attached hydrogens (tertiary/aromatic N) is 3. The molecule has 3 rings (SSSR count). The molecule has 0 amide bonds. The van der Waals surface area contributed by atoms with Crippen LogP contribution in [0.25, 0.3) is 16.2 Å². The minimum Gasteiger partial charge on any atom is -0.217 e. The Kier molecular flexibility index (Phi) is 3.06. The zero-order valence-electron chi connectivity index (χ0n) is 10.8. The number of hydrogen-bond acceptors (Lipinski definition) is 3. The van der Waals surface area contributed by atoms with E-state index in [4.69, 9.17) is 0 Å². The third-order valence-corrected chi connectivity index (χ3v) is 3.76. The Morgan fingerprint density at radius 2 is 2.11 bits per heavy atom. The molecule has 3 aromatic rings. The van der Waals surface area contributed by atoms with Crippen LogP contribution in [0.1, 0.15) is 18.9 Å². The summed E-state index contributed by atoms with van der Waals surface area (Å²) in [6, 6.07) is 6.66. The van der Waals surface area contributed by atoms with Gasteiger partial charge >= 0.3 is 0 Å².